The highest BCUT2D eigenvalue weighted by atomic mass is 16.2. The molecule has 0 radical (unpaired) electrons. The van der Waals surface area contributed by atoms with E-state index in [1.165, 1.54) is 25.7 Å². The number of carbonyl (C=O) groups excluding carboxylic acids is 1. The third kappa shape index (κ3) is 5.48. The Kier molecular flexibility index (Phi) is 6.70. The average Bonchev–Trinajstić information content (AvgIpc) is 3.03. The third-order valence-electron chi connectivity index (χ3n) is 4.20. The Labute approximate surface area is 127 Å². The first-order chi connectivity index (χ1) is 10.3. The minimum atomic E-state index is -0.123. The number of benzene rings is 1. The van der Waals surface area contributed by atoms with Gasteiger partial charge in [0.05, 0.1) is 6.04 Å². The molecule has 0 heterocycles. The summed E-state index contributed by atoms with van der Waals surface area (Å²) in [6, 6.07) is 10.5. The lowest BCUT2D eigenvalue weighted by Crippen LogP contribution is -2.44. The molecule has 0 aromatic heterocycles. The molecule has 1 amide bonds. The highest BCUT2D eigenvalue weighted by Crippen LogP contribution is 2.17. The van der Waals surface area contributed by atoms with Gasteiger partial charge in [-0.25, -0.2) is 0 Å². The standard InChI is InChI=1S/C17H27N3O/c1-18-16(11-12-19-15-9-5-6-10-15)17(21)20-13-14-7-3-2-4-8-14/h2-4,7-8,15-16,18-19H,5-6,9-13H2,1H3,(H,20,21). The van der Waals surface area contributed by atoms with Crippen molar-refractivity contribution in [1.29, 1.82) is 0 Å². The SMILES string of the molecule is CNC(CCNC1CCCC1)C(=O)NCc1ccccc1. The minimum Gasteiger partial charge on any atom is -0.351 e. The predicted molar refractivity (Wildman–Crippen MR) is 86.0 cm³/mol. The summed E-state index contributed by atoms with van der Waals surface area (Å²) >= 11 is 0. The van der Waals surface area contributed by atoms with E-state index in [1.807, 2.05) is 37.4 Å². The van der Waals surface area contributed by atoms with E-state index in [0.717, 1.165) is 18.5 Å². The molecule has 1 aliphatic carbocycles. The monoisotopic (exact) mass is 289 g/mol. The van der Waals surface area contributed by atoms with E-state index in [-0.39, 0.29) is 11.9 Å². The fourth-order valence-corrected chi connectivity index (χ4v) is 2.88. The topological polar surface area (TPSA) is 53.2 Å². The Morgan fingerprint density at radius 1 is 1.24 bits per heavy atom. The number of hydrogen-bond donors (Lipinski definition) is 3. The summed E-state index contributed by atoms with van der Waals surface area (Å²) in [4.78, 5) is 12.2. The molecular formula is C17H27N3O. The molecule has 1 aromatic rings. The van der Waals surface area contributed by atoms with Crippen molar-refractivity contribution in [3.63, 3.8) is 0 Å². The maximum absolute atomic E-state index is 12.2. The van der Waals surface area contributed by atoms with Crippen LogP contribution in [-0.2, 0) is 11.3 Å². The number of carbonyl (C=O) groups is 1. The second-order valence-electron chi connectivity index (χ2n) is 5.77. The molecular weight excluding hydrogens is 262 g/mol. The largest absolute Gasteiger partial charge is 0.351 e. The van der Waals surface area contributed by atoms with Crippen molar-refractivity contribution in [1.82, 2.24) is 16.0 Å². The highest BCUT2D eigenvalue weighted by molar-refractivity contribution is 5.81. The highest BCUT2D eigenvalue weighted by Gasteiger charge is 2.18. The van der Waals surface area contributed by atoms with Gasteiger partial charge in [0.15, 0.2) is 0 Å². The lowest BCUT2D eigenvalue weighted by atomic mass is 10.1. The summed E-state index contributed by atoms with van der Waals surface area (Å²) in [6.07, 6.45) is 6.07. The molecule has 3 N–H and O–H groups in total. The van der Waals surface area contributed by atoms with Crippen LogP contribution >= 0.6 is 0 Å². The Morgan fingerprint density at radius 3 is 2.62 bits per heavy atom. The van der Waals surface area contributed by atoms with E-state index in [9.17, 15) is 4.79 Å². The summed E-state index contributed by atoms with van der Waals surface area (Å²) in [5.41, 5.74) is 1.13. The first kappa shape index (κ1) is 16.0. The third-order valence-corrected chi connectivity index (χ3v) is 4.20. The number of amides is 1. The van der Waals surface area contributed by atoms with Crippen molar-refractivity contribution < 1.29 is 4.79 Å². The fraction of sp³-hybridized carbons (Fsp3) is 0.588. The summed E-state index contributed by atoms with van der Waals surface area (Å²) < 4.78 is 0. The predicted octanol–water partition coefficient (Wildman–Crippen LogP) is 1.81. The second-order valence-corrected chi connectivity index (χ2v) is 5.77. The van der Waals surface area contributed by atoms with Crippen molar-refractivity contribution in [2.24, 2.45) is 0 Å². The Bertz CT molecular complexity index is 415. The van der Waals surface area contributed by atoms with E-state index < -0.39 is 0 Å². The van der Waals surface area contributed by atoms with Gasteiger partial charge in [0.1, 0.15) is 0 Å². The van der Waals surface area contributed by atoms with Gasteiger partial charge in [0.25, 0.3) is 0 Å². The molecule has 0 bridgehead atoms. The van der Waals surface area contributed by atoms with Gasteiger partial charge in [-0.3, -0.25) is 4.79 Å². The van der Waals surface area contributed by atoms with E-state index in [4.69, 9.17) is 0 Å². The van der Waals surface area contributed by atoms with E-state index in [1.54, 1.807) is 0 Å². The molecule has 0 saturated heterocycles. The van der Waals surface area contributed by atoms with E-state index >= 15 is 0 Å². The molecule has 0 aliphatic heterocycles. The molecule has 116 valence electrons. The molecule has 1 atom stereocenters. The number of hydrogen-bond acceptors (Lipinski definition) is 3. The molecule has 1 saturated carbocycles. The van der Waals surface area contributed by atoms with Crippen LogP contribution in [0.25, 0.3) is 0 Å². The quantitative estimate of drug-likeness (QED) is 0.684. The van der Waals surface area contributed by atoms with Gasteiger partial charge in [-0.1, -0.05) is 43.2 Å². The van der Waals surface area contributed by atoms with Crippen LogP contribution in [-0.4, -0.2) is 31.6 Å². The molecule has 2 rings (SSSR count). The van der Waals surface area contributed by atoms with Crippen LogP contribution < -0.4 is 16.0 Å². The first-order valence-electron chi connectivity index (χ1n) is 8.02. The Balaban J connectivity index is 1.68. The van der Waals surface area contributed by atoms with Crippen LogP contribution in [0.5, 0.6) is 0 Å². The van der Waals surface area contributed by atoms with Gasteiger partial charge < -0.3 is 16.0 Å². The van der Waals surface area contributed by atoms with Crippen molar-refractivity contribution >= 4 is 5.91 Å². The van der Waals surface area contributed by atoms with Crippen LogP contribution in [0.4, 0.5) is 0 Å². The summed E-state index contributed by atoms with van der Waals surface area (Å²) in [5.74, 6) is 0.0783. The van der Waals surface area contributed by atoms with Gasteiger partial charge in [0, 0.05) is 12.6 Å². The number of likely N-dealkylation sites (N-methyl/N-ethyl adjacent to an activating group) is 1. The zero-order chi connectivity index (χ0) is 14.9. The molecule has 0 spiro atoms. The van der Waals surface area contributed by atoms with Crippen molar-refractivity contribution in [3.8, 4) is 0 Å². The van der Waals surface area contributed by atoms with E-state index in [2.05, 4.69) is 16.0 Å². The van der Waals surface area contributed by atoms with Crippen LogP contribution in [0.1, 0.15) is 37.7 Å². The molecule has 1 aliphatic rings. The normalized spacial score (nSPS) is 16.8. The maximum Gasteiger partial charge on any atom is 0.237 e. The summed E-state index contributed by atoms with van der Waals surface area (Å²) in [5, 5.41) is 9.67. The molecule has 4 heteroatoms. The van der Waals surface area contributed by atoms with Crippen LogP contribution in [0.2, 0.25) is 0 Å². The van der Waals surface area contributed by atoms with E-state index in [0.29, 0.717) is 12.6 Å². The summed E-state index contributed by atoms with van der Waals surface area (Å²) in [7, 11) is 1.85. The van der Waals surface area contributed by atoms with Crippen molar-refractivity contribution in [2.45, 2.75) is 50.7 Å². The van der Waals surface area contributed by atoms with Gasteiger partial charge in [0.2, 0.25) is 5.91 Å². The Hall–Kier alpha value is -1.39. The van der Waals surface area contributed by atoms with Gasteiger partial charge in [-0.2, -0.15) is 0 Å². The minimum absolute atomic E-state index is 0.0783. The second kappa shape index (κ2) is 8.80. The lowest BCUT2D eigenvalue weighted by molar-refractivity contribution is -0.123. The van der Waals surface area contributed by atoms with Crippen LogP contribution in [0.15, 0.2) is 30.3 Å². The first-order valence-corrected chi connectivity index (χ1v) is 8.02. The van der Waals surface area contributed by atoms with Crippen LogP contribution in [0, 0.1) is 0 Å². The number of rotatable bonds is 8. The Morgan fingerprint density at radius 2 is 1.95 bits per heavy atom. The van der Waals surface area contributed by atoms with Gasteiger partial charge >= 0.3 is 0 Å². The molecule has 4 nitrogen and oxygen atoms in total. The fourth-order valence-electron chi connectivity index (χ4n) is 2.88. The average molecular weight is 289 g/mol. The molecule has 1 unspecified atom stereocenters. The number of nitrogens with one attached hydrogen (secondary N) is 3. The molecule has 1 aromatic carbocycles. The zero-order valence-electron chi connectivity index (χ0n) is 12.9. The van der Waals surface area contributed by atoms with Gasteiger partial charge in [-0.05, 0) is 38.4 Å². The molecule has 21 heavy (non-hydrogen) atoms. The lowest BCUT2D eigenvalue weighted by Gasteiger charge is -2.18. The van der Waals surface area contributed by atoms with Crippen molar-refractivity contribution in [3.05, 3.63) is 35.9 Å². The smallest absolute Gasteiger partial charge is 0.237 e. The zero-order valence-corrected chi connectivity index (χ0v) is 12.9. The maximum atomic E-state index is 12.2. The molecule has 1 fully saturated rings. The van der Waals surface area contributed by atoms with Gasteiger partial charge in [-0.15, -0.1) is 0 Å². The van der Waals surface area contributed by atoms with Crippen molar-refractivity contribution in [2.75, 3.05) is 13.6 Å². The van der Waals surface area contributed by atoms with Crippen LogP contribution in [0.3, 0.4) is 0 Å². The summed E-state index contributed by atoms with van der Waals surface area (Å²) in [6.45, 7) is 1.49.